The number of unbranched alkanes of at least 4 members (excludes halogenated alkanes) is 12. The van der Waals surface area contributed by atoms with Crippen molar-refractivity contribution < 1.29 is 18.7 Å². The Bertz CT molecular complexity index is 551. The summed E-state index contributed by atoms with van der Waals surface area (Å²) in [5.74, 6) is -1.25. The van der Waals surface area contributed by atoms with Gasteiger partial charge in [-0.1, -0.05) is 108 Å². The summed E-state index contributed by atoms with van der Waals surface area (Å²) in [7, 11) is -0.928. The van der Waals surface area contributed by atoms with Crippen LogP contribution >= 0.6 is 7.60 Å². The lowest BCUT2D eigenvalue weighted by Gasteiger charge is -2.20. The molecule has 0 heterocycles. The van der Waals surface area contributed by atoms with Crippen molar-refractivity contribution in [1.82, 2.24) is 0 Å². The third kappa shape index (κ3) is 10.8. The fourth-order valence-corrected chi connectivity index (χ4v) is 4.75. The van der Waals surface area contributed by atoms with E-state index in [0.717, 1.165) is 6.42 Å². The molecule has 0 aromatic heterocycles. The standard InChI is InChI=1S/C24H43O4P/c1-4-5-6-7-8-9-10-11-12-13-14-15-16-17-22-18-20-23(21-19-22)24(25)29(26,27-2)28-3/h18-21,24-25H,4-17H2,1-3H3. The average molecular weight is 427 g/mol. The molecule has 0 saturated heterocycles. The Morgan fingerprint density at radius 2 is 1.17 bits per heavy atom. The fraction of sp³-hybridized carbons (Fsp3) is 0.750. The molecule has 0 aliphatic carbocycles. The van der Waals surface area contributed by atoms with Gasteiger partial charge in [-0.05, 0) is 24.0 Å². The summed E-state index contributed by atoms with van der Waals surface area (Å²) < 4.78 is 22.0. The van der Waals surface area contributed by atoms with E-state index in [4.69, 9.17) is 9.05 Å². The summed E-state index contributed by atoms with van der Waals surface area (Å²) in [5, 5.41) is 10.2. The molecule has 4 nitrogen and oxygen atoms in total. The predicted octanol–water partition coefficient (Wildman–Crippen LogP) is 7.80. The maximum absolute atomic E-state index is 12.3. The molecular weight excluding hydrogens is 383 g/mol. The first kappa shape index (κ1) is 26.4. The predicted molar refractivity (Wildman–Crippen MR) is 122 cm³/mol. The Balaban J connectivity index is 2.09. The smallest absolute Gasteiger partial charge is 0.362 e. The number of benzene rings is 1. The number of aliphatic hydroxyl groups is 1. The van der Waals surface area contributed by atoms with Crippen molar-refractivity contribution in [2.75, 3.05) is 14.2 Å². The van der Waals surface area contributed by atoms with E-state index < -0.39 is 13.4 Å². The zero-order chi connectivity index (χ0) is 21.4. The van der Waals surface area contributed by atoms with Crippen LogP contribution < -0.4 is 0 Å². The first-order chi connectivity index (χ1) is 14.1. The minimum Gasteiger partial charge on any atom is -0.376 e. The van der Waals surface area contributed by atoms with E-state index in [2.05, 4.69) is 6.92 Å². The highest BCUT2D eigenvalue weighted by Gasteiger charge is 2.33. The zero-order valence-electron chi connectivity index (χ0n) is 18.9. The second kappa shape index (κ2) is 16.1. The van der Waals surface area contributed by atoms with Crippen molar-refractivity contribution in [2.45, 2.75) is 103 Å². The van der Waals surface area contributed by atoms with Gasteiger partial charge in [0.1, 0.15) is 0 Å². The largest absolute Gasteiger partial charge is 0.376 e. The molecular formula is C24H43O4P. The first-order valence-corrected chi connectivity index (χ1v) is 13.2. The average Bonchev–Trinajstić information content (AvgIpc) is 2.76. The summed E-state index contributed by atoms with van der Waals surface area (Å²) in [6.07, 6.45) is 18.8. The topological polar surface area (TPSA) is 55.8 Å². The zero-order valence-corrected chi connectivity index (χ0v) is 19.8. The normalized spacial score (nSPS) is 13.0. The summed E-state index contributed by atoms with van der Waals surface area (Å²) in [5.41, 5.74) is 1.81. The summed E-state index contributed by atoms with van der Waals surface area (Å²) in [6, 6.07) is 7.61. The lowest BCUT2D eigenvalue weighted by molar-refractivity contribution is 0.176. The van der Waals surface area contributed by atoms with Gasteiger partial charge in [-0.3, -0.25) is 4.57 Å². The quantitative estimate of drug-likeness (QED) is 0.192. The molecule has 1 unspecified atom stereocenters. The molecule has 0 aliphatic heterocycles. The van der Waals surface area contributed by atoms with Crippen LogP contribution in [0.1, 0.15) is 107 Å². The second-order valence-corrected chi connectivity index (χ2v) is 10.3. The van der Waals surface area contributed by atoms with Gasteiger partial charge in [-0.25, -0.2) is 0 Å². The highest BCUT2D eigenvalue weighted by atomic mass is 31.2. The van der Waals surface area contributed by atoms with Crippen LogP contribution in [0.25, 0.3) is 0 Å². The van der Waals surface area contributed by atoms with Gasteiger partial charge in [0.15, 0.2) is 5.85 Å². The van der Waals surface area contributed by atoms with Crippen LogP contribution in [0.15, 0.2) is 24.3 Å². The Morgan fingerprint density at radius 1 is 0.759 bits per heavy atom. The summed E-state index contributed by atoms with van der Waals surface area (Å²) in [6.45, 7) is 2.27. The number of hydrogen-bond acceptors (Lipinski definition) is 4. The number of hydrogen-bond donors (Lipinski definition) is 1. The van der Waals surface area contributed by atoms with Crippen molar-refractivity contribution in [3.8, 4) is 0 Å². The maximum Gasteiger partial charge on any atom is 0.362 e. The Kier molecular flexibility index (Phi) is 14.6. The van der Waals surface area contributed by atoms with E-state index in [0.29, 0.717) is 5.56 Å². The van der Waals surface area contributed by atoms with Gasteiger partial charge in [-0.2, -0.15) is 0 Å². The minimum absolute atomic E-state index is 0.561. The lowest BCUT2D eigenvalue weighted by atomic mass is 10.0. The molecule has 1 rings (SSSR count). The summed E-state index contributed by atoms with van der Waals surface area (Å²) in [4.78, 5) is 0. The fourth-order valence-electron chi connectivity index (χ4n) is 3.66. The Hall–Kier alpha value is -0.670. The molecule has 0 spiro atoms. The molecule has 0 aliphatic rings. The Labute approximate surface area is 178 Å². The van der Waals surface area contributed by atoms with Crippen LogP contribution in [0.3, 0.4) is 0 Å². The van der Waals surface area contributed by atoms with E-state index in [1.54, 1.807) is 0 Å². The molecule has 1 aromatic rings. The van der Waals surface area contributed by atoms with Crippen LogP contribution in [-0.4, -0.2) is 19.3 Å². The van der Waals surface area contributed by atoms with Crippen molar-refractivity contribution in [3.63, 3.8) is 0 Å². The third-order valence-corrected chi connectivity index (χ3v) is 7.57. The molecule has 5 heteroatoms. The van der Waals surface area contributed by atoms with Crippen molar-refractivity contribution in [3.05, 3.63) is 35.4 Å². The van der Waals surface area contributed by atoms with E-state index in [-0.39, 0.29) is 0 Å². The van der Waals surface area contributed by atoms with Crippen LogP contribution in [0.4, 0.5) is 0 Å². The van der Waals surface area contributed by atoms with Crippen LogP contribution in [0.2, 0.25) is 0 Å². The van der Waals surface area contributed by atoms with Crippen molar-refractivity contribution >= 4 is 7.60 Å². The lowest BCUT2D eigenvalue weighted by Crippen LogP contribution is -2.02. The first-order valence-electron chi connectivity index (χ1n) is 11.6. The van der Waals surface area contributed by atoms with Gasteiger partial charge >= 0.3 is 7.60 Å². The van der Waals surface area contributed by atoms with E-state index >= 15 is 0 Å². The van der Waals surface area contributed by atoms with E-state index in [1.807, 2.05) is 24.3 Å². The van der Waals surface area contributed by atoms with E-state index in [1.165, 1.54) is 103 Å². The maximum atomic E-state index is 12.3. The highest BCUT2D eigenvalue weighted by molar-refractivity contribution is 7.53. The van der Waals surface area contributed by atoms with Gasteiger partial charge in [0.25, 0.3) is 0 Å². The molecule has 1 N–H and O–H groups in total. The highest BCUT2D eigenvalue weighted by Crippen LogP contribution is 2.58. The van der Waals surface area contributed by atoms with Crippen molar-refractivity contribution in [2.24, 2.45) is 0 Å². The van der Waals surface area contributed by atoms with Gasteiger partial charge in [0, 0.05) is 14.2 Å². The summed E-state index contributed by atoms with van der Waals surface area (Å²) >= 11 is 0. The molecule has 0 saturated carbocycles. The molecule has 0 fully saturated rings. The SMILES string of the molecule is CCCCCCCCCCCCCCCc1ccc(C(O)P(=O)(OC)OC)cc1. The van der Waals surface area contributed by atoms with Gasteiger partial charge in [-0.15, -0.1) is 0 Å². The second-order valence-electron chi connectivity index (χ2n) is 8.01. The molecule has 0 radical (unpaired) electrons. The molecule has 168 valence electrons. The van der Waals surface area contributed by atoms with Crippen LogP contribution in [0.5, 0.6) is 0 Å². The number of rotatable bonds is 18. The van der Waals surface area contributed by atoms with Gasteiger partial charge < -0.3 is 14.2 Å². The molecule has 0 bridgehead atoms. The van der Waals surface area contributed by atoms with Crippen LogP contribution in [-0.2, 0) is 20.0 Å². The molecule has 0 amide bonds. The molecule has 29 heavy (non-hydrogen) atoms. The Morgan fingerprint density at radius 3 is 1.59 bits per heavy atom. The number of aliphatic hydroxyl groups excluding tert-OH is 1. The van der Waals surface area contributed by atoms with Gasteiger partial charge in [0.2, 0.25) is 0 Å². The molecule has 1 aromatic carbocycles. The third-order valence-electron chi connectivity index (χ3n) is 5.66. The monoisotopic (exact) mass is 426 g/mol. The minimum atomic E-state index is -3.50. The van der Waals surface area contributed by atoms with Crippen LogP contribution in [0, 0.1) is 0 Å². The van der Waals surface area contributed by atoms with E-state index in [9.17, 15) is 9.67 Å². The molecule has 1 atom stereocenters. The van der Waals surface area contributed by atoms with Crippen molar-refractivity contribution in [1.29, 1.82) is 0 Å². The number of aryl methyl sites for hydroxylation is 1. The van der Waals surface area contributed by atoms with Gasteiger partial charge in [0.05, 0.1) is 0 Å².